The number of nitrogens with zero attached hydrogens (tertiary/aromatic N) is 1. The van der Waals surface area contributed by atoms with E-state index in [4.69, 9.17) is 0 Å². The van der Waals surface area contributed by atoms with E-state index in [0.29, 0.717) is 18.9 Å². The van der Waals surface area contributed by atoms with E-state index in [1.165, 1.54) is 25.7 Å². The quantitative estimate of drug-likeness (QED) is 0.802. The van der Waals surface area contributed by atoms with Crippen LogP contribution >= 0.6 is 12.4 Å². The van der Waals surface area contributed by atoms with Crippen molar-refractivity contribution in [2.75, 3.05) is 13.1 Å². The fourth-order valence-corrected chi connectivity index (χ4v) is 4.96. The molecule has 5 unspecified atom stereocenters. The zero-order valence-corrected chi connectivity index (χ0v) is 14.7. The van der Waals surface area contributed by atoms with Gasteiger partial charge in [-0.05, 0) is 63.3 Å². The van der Waals surface area contributed by atoms with Crippen LogP contribution in [0.25, 0.3) is 0 Å². The predicted molar refractivity (Wildman–Crippen MR) is 90.6 cm³/mol. The number of carbonyl (C=O) groups is 2. The molecule has 1 heterocycles. The summed E-state index contributed by atoms with van der Waals surface area (Å²) in [5, 5.41) is 12.4. The average Bonchev–Trinajstić information content (AvgIpc) is 3.10. The zero-order valence-electron chi connectivity index (χ0n) is 13.9. The number of amides is 1. The summed E-state index contributed by atoms with van der Waals surface area (Å²) < 4.78 is 0. The molecule has 132 valence electrons. The molecule has 1 saturated heterocycles. The maximum absolute atomic E-state index is 12.3. The van der Waals surface area contributed by atoms with Crippen molar-refractivity contribution in [3.05, 3.63) is 0 Å². The third-order valence-electron chi connectivity index (χ3n) is 6.07. The van der Waals surface area contributed by atoms with Gasteiger partial charge in [-0.1, -0.05) is 12.8 Å². The molecule has 0 aromatic heterocycles. The third kappa shape index (κ3) is 4.18. The number of rotatable bonds is 5. The number of fused-ring (bicyclic) bond motifs is 2. The first-order chi connectivity index (χ1) is 10.5. The van der Waals surface area contributed by atoms with E-state index < -0.39 is 12.0 Å². The topological polar surface area (TPSA) is 69.6 Å². The van der Waals surface area contributed by atoms with Crippen molar-refractivity contribution in [3.63, 3.8) is 0 Å². The molecule has 2 saturated carbocycles. The molecule has 0 aromatic rings. The first kappa shape index (κ1) is 18.5. The van der Waals surface area contributed by atoms with Crippen molar-refractivity contribution < 1.29 is 14.7 Å². The van der Waals surface area contributed by atoms with Crippen molar-refractivity contribution in [1.29, 1.82) is 0 Å². The van der Waals surface area contributed by atoms with Crippen LogP contribution in [-0.2, 0) is 9.59 Å². The number of nitrogens with one attached hydrogen (secondary N) is 1. The molecule has 5 atom stereocenters. The maximum atomic E-state index is 12.3. The highest BCUT2D eigenvalue weighted by Crippen LogP contribution is 2.49. The Morgan fingerprint density at radius 1 is 1.22 bits per heavy atom. The molecule has 3 rings (SSSR count). The van der Waals surface area contributed by atoms with Gasteiger partial charge in [0.1, 0.15) is 6.04 Å². The first-order valence-electron chi connectivity index (χ1n) is 8.81. The standard InChI is InChI=1S/C17H28N2O3.ClH/c1-11(14-9-12-5-6-13(14)8-12)18-16(20)10-19-7-3-2-4-15(19)17(21)22;/h11-15H,2-10H2,1H3,(H,18,20)(H,21,22);1H. The first-order valence-corrected chi connectivity index (χ1v) is 8.81. The van der Waals surface area contributed by atoms with Crippen molar-refractivity contribution in [2.45, 2.75) is 64.0 Å². The second kappa shape index (κ2) is 7.84. The smallest absolute Gasteiger partial charge is 0.320 e. The lowest BCUT2D eigenvalue weighted by atomic mass is 9.84. The van der Waals surface area contributed by atoms with Crippen molar-refractivity contribution in [2.24, 2.45) is 17.8 Å². The molecule has 2 bridgehead atoms. The summed E-state index contributed by atoms with van der Waals surface area (Å²) in [6.07, 6.45) is 7.88. The van der Waals surface area contributed by atoms with Crippen molar-refractivity contribution in [3.8, 4) is 0 Å². The van der Waals surface area contributed by atoms with Gasteiger partial charge >= 0.3 is 5.97 Å². The lowest BCUT2D eigenvalue weighted by Gasteiger charge is -2.33. The van der Waals surface area contributed by atoms with Crippen molar-refractivity contribution in [1.82, 2.24) is 10.2 Å². The van der Waals surface area contributed by atoms with Crippen LogP contribution in [0, 0.1) is 17.8 Å². The highest BCUT2D eigenvalue weighted by atomic mass is 35.5. The van der Waals surface area contributed by atoms with Gasteiger partial charge in [-0.2, -0.15) is 0 Å². The van der Waals surface area contributed by atoms with E-state index >= 15 is 0 Å². The van der Waals surface area contributed by atoms with Gasteiger partial charge in [0.2, 0.25) is 5.91 Å². The molecule has 1 amide bonds. The van der Waals surface area contributed by atoms with E-state index in [2.05, 4.69) is 12.2 Å². The second-order valence-electron chi connectivity index (χ2n) is 7.52. The molecule has 23 heavy (non-hydrogen) atoms. The molecule has 0 spiro atoms. The number of carboxylic acids is 1. The molecular formula is C17H29ClN2O3. The van der Waals surface area contributed by atoms with Crippen LogP contribution in [0.2, 0.25) is 0 Å². The van der Waals surface area contributed by atoms with Crippen LogP contribution in [0.3, 0.4) is 0 Å². The number of aliphatic carboxylic acids is 1. The molecule has 2 aliphatic carbocycles. The van der Waals surface area contributed by atoms with E-state index in [1.807, 2.05) is 4.90 Å². The summed E-state index contributed by atoms with van der Waals surface area (Å²) in [6, 6.07) is -0.270. The minimum Gasteiger partial charge on any atom is -0.480 e. The molecule has 0 aromatic carbocycles. The summed E-state index contributed by atoms with van der Waals surface area (Å²) in [7, 11) is 0. The minimum absolute atomic E-state index is 0. The number of halogens is 1. The van der Waals surface area contributed by atoms with Gasteiger partial charge in [0.15, 0.2) is 0 Å². The summed E-state index contributed by atoms with van der Waals surface area (Å²) in [4.78, 5) is 25.4. The SMILES string of the molecule is CC(NC(=O)CN1CCCCC1C(=O)O)C1CC2CCC1C2.Cl. The Kier molecular flexibility index (Phi) is 6.32. The van der Waals surface area contributed by atoms with Gasteiger partial charge in [-0.3, -0.25) is 14.5 Å². The van der Waals surface area contributed by atoms with Crippen LogP contribution in [-0.4, -0.2) is 47.1 Å². The van der Waals surface area contributed by atoms with E-state index in [9.17, 15) is 14.7 Å². The Hall–Kier alpha value is -0.810. The number of carboxylic acid groups (broad SMARTS) is 1. The largest absolute Gasteiger partial charge is 0.480 e. The van der Waals surface area contributed by atoms with Gasteiger partial charge < -0.3 is 10.4 Å². The second-order valence-corrected chi connectivity index (χ2v) is 7.52. The monoisotopic (exact) mass is 344 g/mol. The van der Waals surface area contributed by atoms with Crippen molar-refractivity contribution >= 4 is 24.3 Å². The normalized spacial score (nSPS) is 34.7. The zero-order chi connectivity index (χ0) is 15.7. The van der Waals surface area contributed by atoms with E-state index in [0.717, 1.165) is 24.7 Å². The molecule has 1 aliphatic heterocycles. The number of hydrogen-bond donors (Lipinski definition) is 2. The fraction of sp³-hybridized carbons (Fsp3) is 0.882. The average molecular weight is 345 g/mol. The third-order valence-corrected chi connectivity index (χ3v) is 6.07. The molecule has 0 radical (unpaired) electrons. The van der Waals surface area contributed by atoms with Crippen LogP contribution < -0.4 is 5.32 Å². The molecular weight excluding hydrogens is 316 g/mol. The van der Waals surface area contributed by atoms with Crippen LogP contribution in [0.15, 0.2) is 0 Å². The Balaban J connectivity index is 0.00000192. The lowest BCUT2D eigenvalue weighted by Crippen LogP contribution is -2.51. The van der Waals surface area contributed by atoms with Gasteiger partial charge in [0, 0.05) is 6.04 Å². The Morgan fingerprint density at radius 3 is 2.61 bits per heavy atom. The number of likely N-dealkylation sites (tertiary alicyclic amines) is 1. The summed E-state index contributed by atoms with van der Waals surface area (Å²) in [6.45, 7) is 3.06. The molecule has 3 aliphatic rings. The van der Waals surface area contributed by atoms with Gasteiger partial charge in [-0.15, -0.1) is 12.4 Å². The molecule has 2 N–H and O–H groups in total. The Labute approximate surface area is 144 Å². The Bertz CT molecular complexity index is 446. The van der Waals surface area contributed by atoms with Gasteiger partial charge in [-0.25, -0.2) is 0 Å². The predicted octanol–water partition coefficient (Wildman–Crippen LogP) is 2.29. The lowest BCUT2D eigenvalue weighted by molar-refractivity contribution is -0.145. The molecule has 3 fully saturated rings. The summed E-state index contributed by atoms with van der Waals surface area (Å²) in [5.74, 6) is 1.49. The van der Waals surface area contributed by atoms with E-state index in [1.54, 1.807) is 0 Å². The summed E-state index contributed by atoms with van der Waals surface area (Å²) >= 11 is 0. The number of piperidine rings is 1. The van der Waals surface area contributed by atoms with Crippen LogP contribution in [0.1, 0.15) is 51.9 Å². The van der Waals surface area contributed by atoms with Crippen LogP contribution in [0.5, 0.6) is 0 Å². The molecule has 5 nitrogen and oxygen atoms in total. The summed E-state index contributed by atoms with van der Waals surface area (Å²) in [5.41, 5.74) is 0. The molecule has 6 heteroatoms. The number of hydrogen-bond acceptors (Lipinski definition) is 3. The highest BCUT2D eigenvalue weighted by molar-refractivity contribution is 5.85. The Morgan fingerprint density at radius 2 is 2.00 bits per heavy atom. The highest BCUT2D eigenvalue weighted by Gasteiger charge is 2.42. The number of carbonyl (C=O) groups excluding carboxylic acids is 1. The van der Waals surface area contributed by atoms with Crippen LogP contribution in [0.4, 0.5) is 0 Å². The maximum Gasteiger partial charge on any atom is 0.320 e. The minimum atomic E-state index is -0.798. The van der Waals surface area contributed by atoms with Gasteiger partial charge in [0.25, 0.3) is 0 Å². The fourth-order valence-electron chi connectivity index (χ4n) is 4.96. The van der Waals surface area contributed by atoms with E-state index in [-0.39, 0.29) is 30.9 Å². The van der Waals surface area contributed by atoms with Gasteiger partial charge in [0.05, 0.1) is 6.54 Å².